The molecule has 0 radical (unpaired) electrons. The molecule has 0 saturated heterocycles. The molecule has 0 atom stereocenters. The number of pyridine rings is 1. The molecule has 0 unspecified atom stereocenters. The van der Waals surface area contributed by atoms with Gasteiger partial charge in [-0.25, -0.2) is 4.98 Å². The molecule has 0 aliphatic carbocycles. The van der Waals surface area contributed by atoms with Crippen LogP contribution in [0.25, 0.3) is 0 Å². The lowest BCUT2D eigenvalue weighted by Gasteiger charge is -2.26. The van der Waals surface area contributed by atoms with E-state index in [0.29, 0.717) is 11.5 Å². The van der Waals surface area contributed by atoms with Crippen molar-refractivity contribution < 1.29 is 4.79 Å². The Bertz CT molecular complexity index is 471. The zero-order chi connectivity index (χ0) is 16.0. The van der Waals surface area contributed by atoms with Crippen LogP contribution in [-0.2, 0) is 0 Å². The minimum atomic E-state index is 0.0764. The van der Waals surface area contributed by atoms with Crippen molar-refractivity contribution in [2.45, 2.75) is 20.8 Å². The van der Waals surface area contributed by atoms with E-state index in [4.69, 9.17) is 0 Å². The Kier molecular flexibility index (Phi) is 6.62. The average molecular weight is 292 g/mol. The van der Waals surface area contributed by atoms with Gasteiger partial charge in [-0.05, 0) is 39.1 Å². The van der Waals surface area contributed by atoms with Crippen LogP contribution in [0.2, 0.25) is 0 Å². The summed E-state index contributed by atoms with van der Waals surface area (Å²) in [5.74, 6) is 1.26. The van der Waals surface area contributed by atoms with Crippen LogP contribution < -0.4 is 5.32 Å². The molecule has 0 spiro atoms. The van der Waals surface area contributed by atoms with E-state index in [1.807, 2.05) is 45.1 Å². The maximum absolute atomic E-state index is 12.8. The molecule has 0 aliphatic rings. The number of aryl methyl sites for hydroxylation is 1. The van der Waals surface area contributed by atoms with Crippen LogP contribution in [0, 0.1) is 12.8 Å². The largest absolute Gasteiger partial charge is 0.373 e. The Morgan fingerprint density at radius 3 is 2.48 bits per heavy atom. The average Bonchev–Trinajstić information content (AvgIpc) is 2.41. The SMILES string of the molecule is CNc1cc(C(=O)N(CCN(C)C)CC(C)C)cc(C)n1. The van der Waals surface area contributed by atoms with Gasteiger partial charge >= 0.3 is 0 Å². The molecule has 0 saturated carbocycles. The summed E-state index contributed by atoms with van der Waals surface area (Å²) >= 11 is 0. The highest BCUT2D eigenvalue weighted by molar-refractivity contribution is 5.95. The molecule has 1 aromatic rings. The van der Waals surface area contributed by atoms with E-state index in [1.54, 1.807) is 0 Å². The fourth-order valence-electron chi connectivity index (χ4n) is 2.14. The second-order valence-corrected chi connectivity index (χ2v) is 6.08. The number of hydrogen-bond donors (Lipinski definition) is 1. The predicted octanol–water partition coefficient (Wildman–Crippen LogP) is 2.09. The van der Waals surface area contributed by atoms with Crippen LogP contribution in [0.1, 0.15) is 29.9 Å². The lowest BCUT2D eigenvalue weighted by Crippen LogP contribution is -2.39. The van der Waals surface area contributed by atoms with E-state index in [0.717, 1.165) is 31.1 Å². The molecule has 5 nitrogen and oxygen atoms in total. The maximum Gasteiger partial charge on any atom is 0.254 e. The van der Waals surface area contributed by atoms with E-state index >= 15 is 0 Å². The van der Waals surface area contributed by atoms with Crippen molar-refractivity contribution in [1.29, 1.82) is 0 Å². The summed E-state index contributed by atoms with van der Waals surface area (Å²) in [6.45, 7) is 8.54. The summed E-state index contributed by atoms with van der Waals surface area (Å²) in [6.07, 6.45) is 0. The molecule has 1 aromatic heterocycles. The first kappa shape index (κ1) is 17.4. The monoisotopic (exact) mass is 292 g/mol. The van der Waals surface area contributed by atoms with E-state index < -0.39 is 0 Å². The molecular formula is C16H28N4O. The fraction of sp³-hybridized carbons (Fsp3) is 0.625. The Hall–Kier alpha value is -1.62. The van der Waals surface area contributed by atoms with E-state index in [2.05, 4.69) is 29.0 Å². The summed E-state index contributed by atoms with van der Waals surface area (Å²) in [5, 5.41) is 3.00. The number of nitrogens with one attached hydrogen (secondary N) is 1. The maximum atomic E-state index is 12.8. The summed E-state index contributed by atoms with van der Waals surface area (Å²) < 4.78 is 0. The van der Waals surface area contributed by atoms with E-state index in [9.17, 15) is 4.79 Å². The predicted molar refractivity (Wildman–Crippen MR) is 87.8 cm³/mol. The van der Waals surface area contributed by atoms with Crippen LogP contribution in [0.15, 0.2) is 12.1 Å². The molecule has 1 heterocycles. The highest BCUT2D eigenvalue weighted by Gasteiger charge is 2.18. The minimum absolute atomic E-state index is 0.0764. The van der Waals surface area contributed by atoms with Gasteiger partial charge in [0.1, 0.15) is 5.82 Å². The number of carbonyl (C=O) groups excluding carboxylic acids is 1. The van der Waals surface area contributed by atoms with Gasteiger partial charge in [-0.1, -0.05) is 13.8 Å². The Morgan fingerprint density at radius 1 is 1.29 bits per heavy atom. The highest BCUT2D eigenvalue weighted by Crippen LogP contribution is 2.13. The first-order valence-electron chi connectivity index (χ1n) is 7.44. The van der Waals surface area contributed by atoms with Crippen molar-refractivity contribution >= 4 is 11.7 Å². The topological polar surface area (TPSA) is 48.5 Å². The van der Waals surface area contributed by atoms with Gasteiger partial charge in [-0.3, -0.25) is 4.79 Å². The summed E-state index contributed by atoms with van der Waals surface area (Å²) in [6, 6.07) is 3.67. The number of anilines is 1. The molecule has 0 aliphatic heterocycles. The number of aromatic nitrogens is 1. The van der Waals surface area contributed by atoms with Crippen LogP contribution in [0.3, 0.4) is 0 Å². The lowest BCUT2D eigenvalue weighted by atomic mass is 10.1. The molecule has 1 N–H and O–H groups in total. The normalized spacial score (nSPS) is 11.0. The van der Waals surface area contributed by atoms with Crippen molar-refractivity contribution in [1.82, 2.24) is 14.8 Å². The van der Waals surface area contributed by atoms with Gasteiger partial charge in [0.15, 0.2) is 0 Å². The van der Waals surface area contributed by atoms with Crippen molar-refractivity contribution in [3.05, 3.63) is 23.4 Å². The second kappa shape index (κ2) is 7.98. The van der Waals surface area contributed by atoms with Gasteiger partial charge in [0.2, 0.25) is 0 Å². The third kappa shape index (κ3) is 5.71. The summed E-state index contributed by atoms with van der Waals surface area (Å²) in [7, 11) is 5.86. The van der Waals surface area contributed by atoms with Crippen LogP contribution in [-0.4, -0.2) is 61.5 Å². The molecule has 0 bridgehead atoms. The zero-order valence-corrected chi connectivity index (χ0v) is 14.1. The Morgan fingerprint density at radius 2 is 1.95 bits per heavy atom. The molecule has 5 heteroatoms. The van der Waals surface area contributed by atoms with Gasteiger partial charge < -0.3 is 15.1 Å². The third-order valence-electron chi connectivity index (χ3n) is 3.15. The molecule has 0 fully saturated rings. The van der Waals surface area contributed by atoms with Crippen molar-refractivity contribution in [2.24, 2.45) is 5.92 Å². The third-order valence-corrected chi connectivity index (χ3v) is 3.15. The van der Waals surface area contributed by atoms with Crippen LogP contribution in [0.5, 0.6) is 0 Å². The van der Waals surface area contributed by atoms with Crippen molar-refractivity contribution in [2.75, 3.05) is 46.1 Å². The highest BCUT2D eigenvalue weighted by atomic mass is 16.2. The van der Waals surface area contributed by atoms with Gasteiger partial charge in [0.05, 0.1) is 0 Å². The molecule has 21 heavy (non-hydrogen) atoms. The molecule has 0 aromatic carbocycles. The number of hydrogen-bond acceptors (Lipinski definition) is 4. The molecule has 1 rings (SSSR count). The number of carbonyl (C=O) groups is 1. The van der Waals surface area contributed by atoms with Crippen LogP contribution >= 0.6 is 0 Å². The molecule has 1 amide bonds. The second-order valence-electron chi connectivity index (χ2n) is 6.08. The quantitative estimate of drug-likeness (QED) is 0.836. The number of rotatable bonds is 7. The molecule has 118 valence electrons. The van der Waals surface area contributed by atoms with Gasteiger partial charge in [-0.15, -0.1) is 0 Å². The van der Waals surface area contributed by atoms with E-state index in [-0.39, 0.29) is 5.91 Å². The zero-order valence-electron chi connectivity index (χ0n) is 14.1. The number of amides is 1. The Balaban J connectivity index is 2.95. The van der Waals surface area contributed by atoms with E-state index in [1.165, 1.54) is 0 Å². The molecular weight excluding hydrogens is 264 g/mol. The number of likely N-dealkylation sites (N-methyl/N-ethyl adjacent to an activating group) is 1. The van der Waals surface area contributed by atoms with Crippen molar-refractivity contribution in [3.8, 4) is 0 Å². The first-order valence-corrected chi connectivity index (χ1v) is 7.44. The standard InChI is InChI=1S/C16H28N4O/c1-12(2)11-20(8-7-19(5)6)16(21)14-9-13(3)18-15(10-14)17-4/h9-10,12H,7-8,11H2,1-6H3,(H,17,18). The van der Waals surface area contributed by atoms with Gasteiger partial charge in [-0.2, -0.15) is 0 Å². The first-order chi connectivity index (χ1) is 9.83. The van der Waals surface area contributed by atoms with Crippen LogP contribution in [0.4, 0.5) is 5.82 Å². The Labute approximate surface area is 128 Å². The summed E-state index contributed by atoms with van der Waals surface area (Å²) in [4.78, 5) is 21.1. The minimum Gasteiger partial charge on any atom is -0.373 e. The number of nitrogens with zero attached hydrogens (tertiary/aromatic N) is 3. The smallest absolute Gasteiger partial charge is 0.254 e. The van der Waals surface area contributed by atoms with Gasteiger partial charge in [0, 0.05) is 37.9 Å². The summed E-state index contributed by atoms with van der Waals surface area (Å²) in [5.41, 5.74) is 1.55. The fourth-order valence-corrected chi connectivity index (χ4v) is 2.14. The lowest BCUT2D eigenvalue weighted by molar-refractivity contribution is 0.0724. The van der Waals surface area contributed by atoms with Gasteiger partial charge in [0.25, 0.3) is 5.91 Å². The van der Waals surface area contributed by atoms with Crippen molar-refractivity contribution in [3.63, 3.8) is 0 Å².